The van der Waals surface area contributed by atoms with Crippen LogP contribution in [0.3, 0.4) is 0 Å². The molecule has 0 radical (unpaired) electrons. The van der Waals surface area contributed by atoms with Crippen LogP contribution in [0.2, 0.25) is 0 Å². The van der Waals surface area contributed by atoms with E-state index in [0.29, 0.717) is 5.91 Å². The lowest BCUT2D eigenvalue weighted by molar-refractivity contribution is -0.135. The number of halogens is 1. The van der Waals surface area contributed by atoms with Gasteiger partial charge in [-0.25, -0.2) is 4.39 Å². The molecule has 0 N–H and O–H groups in total. The van der Waals surface area contributed by atoms with Crippen molar-refractivity contribution in [3.05, 3.63) is 65.0 Å². The molecule has 1 aliphatic heterocycles. The van der Waals surface area contributed by atoms with Gasteiger partial charge in [0.05, 0.1) is 5.41 Å². The van der Waals surface area contributed by atoms with Crippen LogP contribution in [0.5, 0.6) is 0 Å². The number of amides is 1. The average molecular weight is 364 g/mol. The summed E-state index contributed by atoms with van der Waals surface area (Å²) in [6, 6.07) is 13.3. The molecule has 3 fully saturated rings. The zero-order valence-corrected chi connectivity index (χ0v) is 16.0. The molecule has 0 spiro atoms. The molecule has 2 saturated carbocycles. The highest BCUT2D eigenvalue weighted by Gasteiger charge is 2.87. The van der Waals surface area contributed by atoms with E-state index in [1.807, 2.05) is 12.1 Å². The van der Waals surface area contributed by atoms with Crippen LogP contribution >= 0.6 is 0 Å². The first-order chi connectivity index (χ1) is 12.9. The van der Waals surface area contributed by atoms with Gasteiger partial charge in [0, 0.05) is 37.3 Å². The summed E-state index contributed by atoms with van der Waals surface area (Å²) in [6.07, 6.45) is 1.86. The molecule has 2 aromatic carbocycles. The molecule has 0 bridgehead atoms. The van der Waals surface area contributed by atoms with Crippen molar-refractivity contribution in [1.29, 1.82) is 0 Å². The largest absolute Gasteiger partial charge is 0.368 e. The Bertz CT molecular complexity index is 906. The molecule has 0 atom stereocenters. The fraction of sp³-hybridized carbons (Fsp3) is 0.435. The van der Waals surface area contributed by atoms with Gasteiger partial charge < -0.3 is 9.80 Å². The Morgan fingerprint density at radius 1 is 0.963 bits per heavy atom. The van der Waals surface area contributed by atoms with Crippen LogP contribution in [0, 0.1) is 25.1 Å². The predicted octanol–water partition coefficient (Wildman–Crippen LogP) is 3.82. The number of hydrogen-bond donors (Lipinski definition) is 0. The highest BCUT2D eigenvalue weighted by atomic mass is 19.1. The smallest absolute Gasteiger partial charge is 0.229 e. The second-order valence-corrected chi connectivity index (χ2v) is 8.59. The molecule has 140 valence electrons. The summed E-state index contributed by atoms with van der Waals surface area (Å²) in [6.45, 7) is 7.61. The number of nitrogens with zero attached hydrogens (tertiary/aromatic N) is 2. The minimum absolute atomic E-state index is 0.00203. The van der Waals surface area contributed by atoms with Crippen LogP contribution in [0.25, 0.3) is 0 Å². The van der Waals surface area contributed by atoms with Crippen molar-refractivity contribution < 1.29 is 9.18 Å². The molecule has 3 aliphatic rings. The summed E-state index contributed by atoms with van der Waals surface area (Å²) in [5.41, 5.74) is 4.80. The Hall–Kier alpha value is -2.36. The monoisotopic (exact) mass is 364 g/mol. The molecule has 5 rings (SSSR count). The van der Waals surface area contributed by atoms with E-state index in [0.717, 1.165) is 44.6 Å². The summed E-state index contributed by atoms with van der Waals surface area (Å²) < 4.78 is 13.2. The van der Waals surface area contributed by atoms with Crippen molar-refractivity contribution >= 4 is 11.6 Å². The van der Waals surface area contributed by atoms with E-state index in [1.165, 1.54) is 28.9 Å². The SMILES string of the molecule is Cc1ccc(C)c(N2CCN(C(=O)C34CC3(c3ccc(F)cc3)C4)CC2)c1. The van der Waals surface area contributed by atoms with E-state index in [1.54, 1.807) is 0 Å². The predicted molar refractivity (Wildman–Crippen MR) is 104 cm³/mol. The Morgan fingerprint density at radius 3 is 2.30 bits per heavy atom. The van der Waals surface area contributed by atoms with Gasteiger partial charge in [-0.15, -0.1) is 0 Å². The summed E-state index contributed by atoms with van der Waals surface area (Å²) in [5.74, 6) is 0.100. The summed E-state index contributed by atoms with van der Waals surface area (Å²) in [7, 11) is 0. The summed E-state index contributed by atoms with van der Waals surface area (Å²) in [5, 5.41) is 0. The van der Waals surface area contributed by atoms with E-state index in [4.69, 9.17) is 0 Å². The van der Waals surface area contributed by atoms with Crippen molar-refractivity contribution in [2.75, 3.05) is 31.1 Å². The van der Waals surface area contributed by atoms with Gasteiger partial charge in [-0.05, 0) is 61.6 Å². The van der Waals surface area contributed by atoms with E-state index < -0.39 is 0 Å². The van der Waals surface area contributed by atoms with Gasteiger partial charge in [-0.1, -0.05) is 24.3 Å². The number of anilines is 1. The van der Waals surface area contributed by atoms with Gasteiger partial charge in [-0.3, -0.25) is 4.79 Å². The standard InChI is InChI=1S/C23H25FN2O/c1-16-3-4-17(2)20(13-16)25-9-11-26(12-10-25)21(27)23-14-22(23,15-23)18-5-7-19(24)8-6-18/h3-8,13H,9-12,14-15H2,1-2H3. The first kappa shape index (κ1) is 16.8. The van der Waals surface area contributed by atoms with E-state index in [2.05, 4.69) is 41.8 Å². The molecular weight excluding hydrogens is 339 g/mol. The highest BCUT2D eigenvalue weighted by molar-refractivity contribution is 5.95. The van der Waals surface area contributed by atoms with Gasteiger partial charge in [0.25, 0.3) is 0 Å². The number of rotatable bonds is 3. The number of hydrogen-bond acceptors (Lipinski definition) is 2. The van der Waals surface area contributed by atoms with Crippen LogP contribution in [-0.2, 0) is 10.2 Å². The third kappa shape index (κ3) is 2.42. The molecule has 1 heterocycles. The Kier molecular flexibility index (Phi) is 3.46. The van der Waals surface area contributed by atoms with Crippen LogP contribution in [0.1, 0.15) is 29.5 Å². The molecule has 2 aromatic rings. The Labute approximate surface area is 159 Å². The zero-order valence-electron chi connectivity index (χ0n) is 16.0. The number of carbonyl (C=O) groups is 1. The minimum atomic E-state index is -0.212. The lowest BCUT2D eigenvalue weighted by Gasteiger charge is -2.37. The molecule has 1 amide bonds. The normalized spacial score (nSPS) is 28.7. The number of benzene rings is 2. The number of fused-ring (bicyclic) bond motifs is 1. The van der Waals surface area contributed by atoms with Gasteiger partial charge >= 0.3 is 0 Å². The van der Waals surface area contributed by atoms with Gasteiger partial charge in [0.1, 0.15) is 5.82 Å². The Morgan fingerprint density at radius 2 is 1.63 bits per heavy atom. The molecule has 3 nitrogen and oxygen atoms in total. The minimum Gasteiger partial charge on any atom is -0.368 e. The number of piperazine rings is 1. The quantitative estimate of drug-likeness (QED) is 0.827. The van der Waals surface area contributed by atoms with Crippen molar-refractivity contribution in [1.82, 2.24) is 4.90 Å². The second kappa shape index (κ2) is 5.57. The fourth-order valence-corrected chi connectivity index (χ4v) is 5.01. The third-order valence-corrected chi connectivity index (χ3v) is 6.95. The first-order valence-electron chi connectivity index (χ1n) is 9.83. The highest BCUT2D eigenvalue weighted by Crippen LogP contribution is 2.86. The van der Waals surface area contributed by atoms with Crippen LogP contribution in [0.4, 0.5) is 10.1 Å². The topological polar surface area (TPSA) is 23.6 Å². The van der Waals surface area contributed by atoms with Gasteiger partial charge in [-0.2, -0.15) is 0 Å². The number of aryl methyl sites for hydroxylation is 2. The molecule has 4 heteroatoms. The van der Waals surface area contributed by atoms with Crippen LogP contribution in [-0.4, -0.2) is 37.0 Å². The fourth-order valence-electron chi connectivity index (χ4n) is 5.01. The van der Waals surface area contributed by atoms with Crippen molar-refractivity contribution in [2.24, 2.45) is 5.41 Å². The summed E-state index contributed by atoms with van der Waals surface area (Å²) in [4.78, 5) is 17.6. The maximum absolute atomic E-state index is 13.2. The average Bonchev–Trinajstić information content (AvgIpc) is 3.52. The molecule has 0 unspecified atom stereocenters. The maximum Gasteiger partial charge on any atom is 0.229 e. The molecule has 27 heavy (non-hydrogen) atoms. The second-order valence-electron chi connectivity index (χ2n) is 8.59. The molecule has 1 saturated heterocycles. The lowest BCUT2D eigenvalue weighted by Crippen LogP contribution is -2.50. The van der Waals surface area contributed by atoms with Gasteiger partial charge in [0.15, 0.2) is 0 Å². The van der Waals surface area contributed by atoms with Crippen LogP contribution in [0.15, 0.2) is 42.5 Å². The molecule has 0 aromatic heterocycles. The van der Waals surface area contributed by atoms with E-state index >= 15 is 0 Å². The van der Waals surface area contributed by atoms with Crippen LogP contribution < -0.4 is 4.90 Å². The van der Waals surface area contributed by atoms with E-state index in [9.17, 15) is 9.18 Å². The summed E-state index contributed by atoms with van der Waals surface area (Å²) >= 11 is 0. The Balaban J connectivity index is 1.25. The third-order valence-electron chi connectivity index (χ3n) is 6.95. The maximum atomic E-state index is 13.2. The van der Waals surface area contributed by atoms with Crippen molar-refractivity contribution in [2.45, 2.75) is 32.1 Å². The lowest BCUT2D eigenvalue weighted by atomic mass is 10.0. The molecular formula is C23H25FN2O. The number of carbonyl (C=O) groups excluding carboxylic acids is 1. The van der Waals surface area contributed by atoms with E-state index in [-0.39, 0.29) is 16.6 Å². The van der Waals surface area contributed by atoms with Crippen molar-refractivity contribution in [3.8, 4) is 0 Å². The molecule has 2 aliphatic carbocycles. The van der Waals surface area contributed by atoms with Gasteiger partial charge in [0.2, 0.25) is 5.91 Å². The first-order valence-corrected chi connectivity index (χ1v) is 9.83. The van der Waals surface area contributed by atoms with Crippen molar-refractivity contribution in [3.63, 3.8) is 0 Å². The zero-order chi connectivity index (χ0) is 18.8.